The van der Waals surface area contributed by atoms with Gasteiger partial charge in [-0.25, -0.2) is 0 Å². The Morgan fingerprint density at radius 1 is 1.00 bits per heavy atom. The van der Waals surface area contributed by atoms with Gasteiger partial charge in [0.2, 0.25) is 5.79 Å². The SMILES string of the molecule is COc1cccc2c1OC1(CCN(C(=O)c3ccc4ccccc4c3)CC1)OC2. The quantitative estimate of drug-likeness (QED) is 0.652. The highest BCUT2D eigenvalue weighted by Crippen LogP contribution is 2.42. The van der Waals surface area contributed by atoms with Crippen molar-refractivity contribution in [1.82, 2.24) is 4.90 Å². The highest BCUT2D eigenvalue weighted by Gasteiger charge is 2.42. The summed E-state index contributed by atoms with van der Waals surface area (Å²) >= 11 is 0. The van der Waals surface area contributed by atoms with Crippen LogP contribution >= 0.6 is 0 Å². The van der Waals surface area contributed by atoms with Crippen molar-refractivity contribution >= 4 is 16.7 Å². The normalized spacial score (nSPS) is 17.6. The average molecular weight is 389 g/mol. The summed E-state index contributed by atoms with van der Waals surface area (Å²) in [4.78, 5) is 14.9. The number of fused-ring (bicyclic) bond motifs is 2. The molecule has 1 fully saturated rings. The second-order valence-electron chi connectivity index (χ2n) is 7.60. The van der Waals surface area contributed by atoms with Crippen molar-refractivity contribution in [3.63, 3.8) is 0 Å². The number of benzene rings is 3. The fraction of sp³-hybridized carbons (Fsp3) is 0.292. The molecule has 0 atom stereocenters. The van der Waals surface area contributed by atoms with E-state index in [0.717, 1.165) is 33.4 Å². The minimum absolute atomic E-state index is 0.0550. The Hall–Kier alpha value is -3.05. The molecule has 1 spiro atoms. The summed E-state index contributed by atoms with van der Waals surface area (Å²) in [5.41, 5.74) is 1.71. The zero-order valence-electron chi connectivity index (χ0n) is 16.4. The highest BCUT2D eigenvalue weighted by atomic mass is 16.7. The molecule has 1 amide bonds. The predicted molar refractivity (Wildman–Crippen MR) is 110 cm³/mol. The van der Waals surface area contributed by atoms with Gasteiger partial charge in [-0.05, 0) is 29.0 Å². The van der Waals surface area contributed by atoms with Crippen molar-refractivity contribution < 1.29 is 19.0 Å². The van der Waals surface area contributed by atoms with E-state index in [4.69, 9.17) is 14.2 Å². The molecule has 1 saturated heterocycles. The van der Waals surface area contributed by atoms with E-state index in [2.05, 4.69) is 6.07 Å². The monoisotopic (exact) mass is 389 g/mol. The molecule has 0 radical (unpaired) electrons. The first kappa shape index (κ1) is 18.0. The Kier molecular flexibility index (Phi) is 4.40. The van der Waals surface area contributed by atoms with Gasteiger partial charge in [-0.3, -0.25) is 4.79 Å². The lowest BCUT2D eigenvalue weighted by molar-refractivity contribution is -0.226. The molecule has 2 heterocycles. The Morgan fingerprint density at radius 2 is 1.79 bits per heavy atom. The lowest BCUT2D eigenvalue weighted by Crippen LogP contribution is -2.52. The maximum Gasteiger partial charge on any atom is 0.253 e. The molecule has 5 heteroatoms. The molecule has 0 unspecified atom stereocenters. The molecular weight excluding hydrogens is 366 g/mol. The van der Waals surface area contributed by atoms with Crippen LogP contribution in [0.5, 0.6) is 11.5 Å². The summed E-state index contributed by atoms with van der Waals surface area (Å²) in [5, 5.41) is 2.22. The van der Waals surface area contributed by atoms with E-state index in [0.29, 0.717) is 32.5 Å². The molecular formula is C24H23NO4. The summed E-state index contributed by atoms with van der Waals surface area (Å²) in [6.45, 7) is 1.68. The maximum atomic E-state index is 13.0. The van der Waals surface area contributed by atoms with E-state index in [9.17, 15) is 4.79 Å². The van der Waals surface area contributed by atoms with Gasteiger partial charge in [-0.1, -0.05) is 42.5 Å². The standard InChI is InChI=1S/C24H23NO4/c1-27-21-8-4-7-20-16-28-24(29-22(20)21)11-13-25(14-12-24)23(26)19-10-9-17-5-2-3-6-18(17)15-19/h2-10,15H,11-14,16H2,1H3. The number of hydrogen-bond donors (Lipinski definition) is 0. The first-order valence-electron chi connectivity index (χ1n) is 9.94. The molecule has 2 aliphatic heterocycles. The third-order valence-corrected chi connectivity index (χ3v) is 5.87. The fourth-order valence-corrected chi connectivity index (χ4v) is 4.18. The molecule has 5 nitrogen and oxygen atoms in total. The van der Waals surface area contributed by atoms with Gasteiger partial charge in [-0.15, -0.1) is 0 Å². The smallest absolute Gasteiger partial charge is 0.253 e. The van der Waals surface area contributed by atoms with Crippen molar-refractivity contribution in [2.75, 3.05) is 20.2 Å². The van der Waals surface area contributed by atoms with Crippen LogP contribution in [-0.4, -0.2) is 36.8 Å². The molecule has 0 bridgehead atoms. The van der Waals surface area contributed by atoms with Crippen LogP contribution in [0.2, 0.25) is 0 Å². The first-order valence-corrected chi connectivity index (χ1v) is 9.94. The fourth-order valence-electron chi connectivity index (χ4n) is 4.18. The van der Waals surface area contributed by atoms with Crippen molar-refractivity contribution in [2.24, 2.45) is 0 Å². The molecule has 0 aliphatic carbocycles. The number of piperidine rings is 1. The van der Waals surface area contributed by atoms with Crippen LogP contribution in [0.1, 0.15) is 28.8 Å². The van der Waals surface area contributed by atoms with E-state index in [1.54, 1.807) is 7.11 Å². The van der Waals surface area contributed by atoms with Gasteiger partial charge in [0.15, 0.2) is 11.5 Å². The number of carbonyl (C=O) groups excluding carboxylic acids is 1. The van der Waals surface area contributed by atoms with Crippen molar-refractivity contribution in [3.8, 4) is 11.5 Å². The van der Waals surface area contributed by atoms with Gasteiger partial charge in [0.1, 0.15) is 0 Å². The second-order valence-corrected chi connectivity index (χ2v) is 7.60. The van der Waals surface area contributed by atoms with E-state index >= 15 is 0 Å². The molecule has 3 aromatic carbocycles. The average Bonchev–Trinajstić information content (AvgIpc) is 2.78. The number of hydrogen-bond acceptors (Lipinski definition) is 4. The summed E-state index contributed by atoms with van der Waals surface area (Å²) in [6, 6.07) is 19.8. The lowest BCUT2D eigenvalue weighted by atomic mass is 9.99. The van der Waals surface area contributed by atoms with Gasteiger partial charge >= 0.3 is 0 Å². The van der Waals surface area contributed by atoms with E-state index < -0.39 is 5.79 Å². The zero-order chi connectivity index (χ0) is 19.8. The number of nitrogens with zero attached hydrogens (tertiary/aromatic N) is 1. The van der Waals surface area contributed by atoms with Crippen LogP contribution in [0.15, 0.2) is 60.7 Å². The molecule has 148 valence electrons. The summed E-state index contributed by atoms with van der Waals surface area (Å²) in [7, 11) is 1.64. The molecule has 0 aromatic heterocycles. The summed E-state index contributed by atoms with van der Waals surface area (Å²) < 4.78 is 17.9. The highest BCUT2D eigenvalue weighted by molar-refractivity contribution is 5.98. The minimum Gasteiger partial charge on any atom is -0.493 e. The van der Waals surface area contributed by atoms with E-state index in [1.807, 2.05) is 59.5 Å². The Morgan fingerprint density at radius 3 is 2.59 bits per heavy atom. The van der Waals surface area contributed by atoms with Gasteiger partial charge in [-0.2, -0.15) is 0 Å². The van der Waals surface area contributed by atoms with Gasteiger partial charge < -0.3 is 19.1 Å². The molecule has 2 aliphatic rings. The number of rotatable bonds is 2. The lowest BCUT2D eigenvalue weighted by Gasteiger charge is -2.44. The molecule has 29 heavy (non-hydrogen) atoms. The number of carbonyl (C=O) groups is 1. The zero-order valence-corrected chi connectivity index (χ0v) is 16.4. The second kappa shape index (κ2) is 7.08. The van der Waals surface area contributed by atoms with Crippen molar-refractivity contribution in [1.29, 1.82) is 0 Å². The van der Waals surface area contributed by atoms with Gasteiger partial charge in [0.25, 0.3) is 5.91 Å². The van der Waals surface area contributed by atoms with Crippen LogP contribution in [0, 0.1) is 0 Å². The first-order chi connectivity index (χ1) is 14.2. The number of para-hydroxylation sites is 1. The Bertz CT molecular complexity index is 1060. The van der Waals surface area contributed by atoms with Gasteiger partial charge in [0.05, 0.1) is 13.7 Å². The molecule has 3 aromatic rings. The van der Waals surface area contributed by atoms with Crippen molar-refractivity contribution in [3.05, 3.63) is 71.8 Å². The van der Waals surface area contributed by atoms with Gasteiger partial charge in [0, 0.05) is 37.1 Å². The Labute approximate surface area is 169 Å². The van der Waals surface area contributed by atoms with Crippen LogP contribution in [0.3, 0.4) is 0 Å². The molecule has 0 N–H and O–H groups in total. The third kappa shape index (κ3) is 3.21. The predicted octanol–water partition coefficient (Wildman–Crippen LogP) is 4.39. The largest absolute Gasteiger partial charge is 0.493 e. The van der Waals surface area contributed by atoms with Crippen LogP contribution < -0.4 is 9.47 Å². The Balaban J connectivity index is 1.31. The molecule has 0 saturated carbocycles. The number of ether oxygens (including phenoxy) is 3. The topological polar surface area (TPSA) is 48.0 Å². The van der Waals surface area contributed by atoms with Crippen LogP contribution in [0.25, 0.3) is 10.8 Å². The van der Waals surface area contributed by atoms with E-state index in [1.165, 1.54) is 0 Å². The van der Waals surface area contributed by atoms with E-state index in [-0.39, 0.29) is 5.91 Å². The number of methoxy groups -OCH3 is 1. The number of amides is 1. The van der Waals surface area contributed by atoms with Crippen LogP contribution in [-0.2, 0) is 11.3 Å². The van der Waals surface area contributed by atoms with Crippen LogP contribution in [0.4, 0.5) is 0 Å². The van der Waals surface area contributed by atoms with Crippen molar-refractivity contribution in [2.45, 2.75) is 25.2 Å². The number of likely N-dealkylation sites (tertiary alicyclic amines) is 1. The minimum atomic E-state index is -0.693. The molecule has 5 rings (SSSR count). The summed E-state index contributed by atoms with van der Waals surface area (Å²) in [5.74, 6) is 0.844. The maximum absolute atomic E-state index is 13.0. The summed E-state index contributed by atoms with van der Waals surface area (Å²) in [6.07, 6.45) is 1.26. The third-order valence-electron chi connectivity index (χ3n) is 5.87.